The van der Waals surface area contributed by atoms with Crippen LogP contribution in [-0.2, 0) is 26.3 Å². The number of benzene rings is 1. The van der Waals surface area contributed by atoms with Gasteiger partial charge in [0.15, 0.2) is 0 Å². The first-order valence-electron chi connectivity index (χ1n) is 8.70. The zero-order valence-corrected chi connectivity index (χ0v) is 17.1. The third-order valence-corrected chi connectivity index (χ3v) is 7.87. The Morgan fingerprint density at radius 3 is 2.40 bits per heavy atom. The highest BCUT2D eigenvalue weighted by Crippen LogP contribution is 2.50. The van der Waals surface area contributed by atoms with Crippen molar-refractivity contribution in [2.24, 2.45) is 0 Å². The van der Waals surface area contributed by atoms with E-state index in [1.807, 2.05) is 0 Å². The highest BCUT2D eigenvalue weighted by Gasteiger charge is 2.55. The first kappa shape index (κ1) is 23.2. The van der Waals surface area contributed by atoms with Crippen LogP contribution in [0.25, 0.3) is 0 Å². The van der Waals surface area contributed by atoms with Gasteiger partial charge in [0.2, 0.25) is 10.0 Å². The van der Waals surface area contributed by atoms with E-state index in [-0.39, 0.29) is 18.8 Å². The fraction of sp³-hybridized carbons (Fsp3) is 0.625. The molecule has 2 unspecified atom stereocenters. The molecule has 1 saturated heterocycles. The Bertz CT molecular complexity index is 1050. The number of piperidine rings is 1. The zero-order chi connectivity index (χ0) is 22.7. The number of hydrogen-bond donors (Lipinski definition) is 1. The van der Waals surface area contributed by atoms with Gasteiger partial charge in [0.05, 0.1) is 17.7 Å². The van der Waals surface area contributed by atoms with Crippen LogP contribution in [0.3, 0.4) is 0 Å². The molecule has 30 heavy (non-hydrogen) atoms. The molecule has 1 aromatic rings. The molecule has 0 aromatic heterocycles. The molecule has 170 valence electrons. The summed E-state index contributed by atoms with van der Waals surface area (Å²) in [6, 6.07) is 1.30. The predicted molar refractivity (Wildman–Crippen MR) is 93.4 cm³/mol. The summed E-state index contributed by atoms with van der Waals surface area (Å²) >= 11 is 0. The second-order valence-electron chi connectivity index (χ2n) is 7.25. The lowest BCUT2D eigenvalue weighted by molar-refractivity contribution is -0.0979. The average Bonchev–Trinajstić information content (AvgIpc) is 2.84. The van der Waals surface area contributed by atoms with Crippen LogP contribution in [0.15, 0.2) is 17.0 Å². The number of ether oxygens (including phenoxy) is 1. The molecule has 0 radical (unpaired) electrons. The third-order valence-electron chi connectivity index (χ3n) is 5.06. The van der Waals surface area contributed by atoms with Gasteiger partial charge in [-0.2, -0.15) is 17.5 Å². The van der Waals surface area contributed by atoms with Crippen LogP contribution in [0, 0.1) is 0 Å². The van der Waals surface area contributed by atoms with E-state index in [2.05, 4.69) is 0 Å². The molecule has 0 amide bonds. The molecular weight excluding hydrogens is 461 g/mol. The van der Waals surface area contributed by atoms with Gasteiger partial charge >= 0.3 is 5.51 Å². The van der Waals surface area contributed by atoms with Gasteiger partial charge in [-0.15, -0.1) is 0 Å². The quantitative estimate of drug-likeness (QED) is 0.664. The Kier molecular flexibility index (Phi) is 5.62. The summed E-state index contributed by atoms with van der Waals surface area (Å²) in [7, 11) is -9.54. The third kappa shape index (κ3) is 4.01. The number of halogens is 5. The maximum atomic E-state index is 14.1. The number of nitrogens with zero attached hydrogens (tertiary/aromatic N) is 1. The summed E-state index contributed by atoms with van der Waals surface area (Å²) in [5.74, 6) is -4.22. The van der Waals surface area contributed by atoms with Crippen molar-refractivity contribution in [2.45, 2.75) is 47.8 Å². The number of fused-ring (bicyclic) bond motifs is 1. The van der Waals surface area contributed by atoms with Gasteiger partial charge in [-0.3, -0.25) is 0 Å². The molecule has 1 fully saturated rings. The Labute approximate surface area is 169 Å². The molecule has 1 aliphatic carbocycles. The normalized spacial score (nSPS) is 25.2. The molecule has 3 rings (SSSR count). The molecule has 1 aromatic carbocycles. The van der Waals surface area contributed by atoms with Gasteiger partial charge in [0.25, 0.3) is 15.8 Å². The Morgan fingerprint density at radius 1 is 1.20 bits per heavy atom. The van der Waals surface area contributed by atoms with E-state index in [4.69, 9.17) is 4.74 Å². The van der Waals surface area contributed by atoms with Crippen LogP contribution in [0.1, 0.15) is 30.1 Å². The Hall–Kier alpha value is -1.51. The highest BCUT2D eigenvalue weighted by atomic mass is 32.2. The smallest absolute Gasteiger partial charge is 0.489 e. The van der Waals surface area contributed by atoms with Crippen molar-refractivity contribution in [3.63, 3.8) is 0 Å². The summed E-state index contributed by atoms with van der Waals surface area (Å²) in [6.45, 7) is 0.130. The van der Waals surface area contributed by atoms with Crippen LogP contribution in [0.4, 0.5) is 22.0 Å². The van der Waals surface area contributed by atoms with E-state index >= 15 is 0 Å². The van der Waals surface area contributed by atoms with E-state index in [9.17, 15) is 43.9 Å². The van der Waals surface area contributed by atoms with E-state index < -0.39 is 65.9 Å². The first-order chi connectivity index (χ1) is 13.6. The largest absolute Gasteiger partial charge is 0.501 e. The number of sulfonamides is 1. The number of aliphatic hydroxyl groups is 1. The van der Waals surface area contributed by atoms with E-state index in [1.165, 1.54) is 0 Å². The Balaban J connectivity index is 2.03. The molecule has 7 nitrogen and oxygen atoms in total. The molecule has 14 heteroatoms. The Morgan fingerprint density at radius 2 is 1.83 bits per heavy atom. The minimum Gasteiger partial charge on any atom is -0.489 e. The fourth-order valence-corrected chi connectivity index (χ4v) is 5.52. The number of alkyl halides is 5. The van der Waals surface area contributed by atoms with Crippen molar-refractivity contribution in [3.05, 3.63) is 23.3 Å². The van der Waals surface area contributed by atoms with E-state index in [0.29, 0.717) is 18.9 Å². The number of rotatable bonds is 4. The molecule has 1 aliphatic heterocycles. The summed E-state index contributed by atoms with van der Waals surface area (Å²) < 4.78 is 121. The van der Waals surface area contributed by atoms with Crippen molar-refractivity contribution in [1.29, 1.82) is 0 Å². The van der Waals surface area contributed by atoms with Crippen molar-refractivity contribution in [1.82, 2.24) is 4.31 Å². The number of sulfone groups is 1. The van der Waals surface area contributed by atoms with Gasteiger partial charge < -0.3 is 9.84 Å². The first-order valence-corrected chi connectivity index (χ1v) is 12.0. The van der Waals surface area contributed by atoms with Gasteiger partial charge in [-0.05, 0) is 25.0 Å². The summed E-state index contributed by atoms with van der Waals surface area (Å²) in [6.07, 6.45) is -3.03. The summed E-state index contributed by atoms with van der Waals surface area (Å²) in [5, 5.41) is 9.87. The lowest BCUT2D eigenvalue weighted by Gasteiger charge is -2.31. The van der Waals surface area contributed by atoms with Crippen molar-refractivity contribution >= 4 is 19.9 Å². The van der Waals surface area contributed by atoms with Crippen LogP contribution in [0.5, 0.6) is 5.75 Å². The van der Waals surface area contributed by atoms with Gasteiger partial charge in [0.1, 0.15) is 18.0 Å². The standard InChI is InChI=1S/C16H18F5NO6S2/c1-29(24,25)22-6-2-3-9(8-22)28-11-4-5-12(30(26,27)16(19,20)21)13-10(11)7-15(17,18)14(13)23/h4-5,9,14,23H,2-3,6-8H2,1H3. The molecule has 0 spiro atoms. The van der Waals surface area contributed by atoms with Crippen molar-refractivity contribution in [3.8, 4) is 5.75 Å². The lowest BCUT2D eigenvalue weighted by atomic mass is 10.1. The molecule has 0 bridgehead atoms. The van der Waals surface area contributed by atoms with Crippen LogP contribution >= 0.6 is 0 Å². The van der Waals surface area contributed by atoms with Crippen LogP contribution < -0.4 is 4.74 Å². The second kappa shape index (κ2) is 7.28. The average molecular weight is 479 g/mol. The summed E-state index contributed by atoms with van der Waals surface area (Å²) in [5.41, 5.74) is -7.35. The number of aliphatic hydroxyl groups excluding tert-OH is 1. The SMILES string of the molecule is CS(=O)(=O)N1CCCC(Oc2ccc(S(=O)(=O)C(F)(F)F)c3c2CC(F)(F)C3O)C1. The molecule has 1 heterocycles. The molecular formula is C16H18F5NO6S2. The van der Waals surface area contributed by atoms with Crippen LogP contribution in [0.2, 0.25) is 0 Å². The second-order valence-corrected chi connectivity index (χ2v) is 11.1. The molecule has 0 saturated carbocycles. The van der Waals surface area contributed by atoms with Crippen LogP contribution in [-0.4, -0.2) is 63.1 Å². The van der Waals surface area contributed by atoms with Crippen molar-refractivity contribution in [2.75, 3.05) is 19.3 Å². The number of hydrogen-bond acceptors (Lipinski definition) is 6. The lowest BCUT2D eigenvalue weighted by Crippen LogP contribution is -2.43. The summed E-state index contributed by atoms with van der Waals surface area (Å²) in [4.78, 5) is -1.46. The topological polar surface area (TPSA) is 101 Å². The van der Waals surface area contributed by atoms with Gasteiger partial charge in [-0.1, -0.05) is 0 Å². The predicted octanol–water partition coefficient (Wildman–Crippen LogP) is 2.01. The van der Waals surface area contributed by atoms with Crippen molar-refractivity contribution < 1.29 is 48.6 Å². The molecule has 2 atom stereocenters. The molecule has 1 N–H and O–H groups in total. The van der Waals surface area contributed by atoms with E-state index in [1.54, 1.807) is 0 Å². The maximum Gasteiger partial charge on any atom is 0.501 e. The molecule has 2 aliphatic rings. The zero-order valence-electron chi connectivity index (χ0n) is 15.5. The highest BCUT2D eigenvalue weighted by molar-refractivity contribution is 7.92. The van der Waals surface area contributed by atoms with E-state index in [0.717, 1.165) is 16.6 Å². The fourth-order valence-electron chi connectivity index (χ4n) is 3.60. The monoisotopic (exact) mass is 479 g/mol. The van der Waals surface area contributed by atoms with Gasteiger partial charge in [0, 0.05) is 24.1 Å². The van der Waals surface area contributed by atoms with Gasteiger partial charge in [-0.25, -0.2) is 25.6 Å². The minimum atomic E-state index is -6.00. The maximum absolute atomic E-state index is 14.1. The minimum absolute atomic E-state index is 0.102.